The fraction of sp³-hybridized carbons (Fsp3) is 0.429. The molecule has 0 aliphatic carbocycles. The average Bonchev–Trinajstić information content (AvgIpc) is 2.50. The molecule has 1 N–H and O–H groups in total. The highest BCUT2D eigenvalue weighted by atomic mass is 16.3. The lowest BCUT2D eigenvalue weighted by Gasteiger charge is -2.06. The second kappa shape index (κ2) is 3.17. The number of nitrogens with zero attached hydrogens (tertiary/aromatic N) is 3. The summed E-state index contributed by atoms with van der Waals surface area (Å²) in [6, 6.07) is 3.47. The Morgan fingerprint density at radius 3 is 3.09 bits per heavy atom. The molecule has 0 fully saturated rings. The van der Waals surface area contributed by atoms with E-state index in [1.54, 1.807) is 16.9 Å². The zero-order chi connectivity index (χ0) is 8.27. The van der Waals surface area contributed by atoms with Crippen molar-refractivity contribution in [3.8, 4) is 6.07 Å². The van der Waals surface area contributed by atoms with E-state index in [2.05, 4.69) is 5.10 Å². The van der Waals surface area contributed by atoms with Crippen molar-refractivity contribution in [1.29, 1.82) is 5.26 Å². The third kappa shape index (κ3) is 1.57. The van der Waals surface area contributed by atoms with Gasteiger partial charge in [0, 0.05) is 6.20 Å². The van der Waals surface area contributed by atoms with Crippen molar-refractivity contribution in [3.63, 3.8) is 0 Å². The molecule has 1 aromatic rings. The second-order valence-electron chi connectivity index (χ2n) is 2.32. The Morgan fingerprint density at radius 2 is 2.64 bits per heavy atom. The van der Waals surface area contributed by atoms with E-state index in [9.17, 15) is 0 Å². The van der Waals surface area contributed by atoms with Crippen molar-refractivity contribution >= 4 is 0 Å². The normalized spacial score (nSPS) is 12.5. The largest absolute Gasteiger partial charge is 0.394 e. The molecule has 58 valence electrons. The molecule has 1 unspecified atom stereocenters. The summed E-state index contributed by atoms with van der Waals surface area (Å²) >= 11 is 0. The van der Waals surface area contributed by atoms with E-state index >= 15 is 0 Å². The van der Waals surface area contributed by atoms with E-state index in [1.165, 1.54) is 0 Å². The Kier molecular flexibility index (Phi) is 2.24. The summed E-state index contributed by atoms with van der Waals surface area (Å²) in [6.07, 6.45) is 1.68. The summed E-state index contributed by atoms with van der Waals surface area (Å²) < 4.78 is 1.57. The van der Waals surface area contributed by atoms with Gasteiger partial charge in [-0.15, -0.1) is 0 Å². The van der Waals surface area contributed by atoms with E-state index in [4.69, 9.17) is 10.4 Å². The van der Waals surface area contributed by atoms with Gasteiger partial charge in [0.05, 0.1) is 12.6 Å². The lowest BCUT2D eigenvalue weighted by atomic mass is 10.4. The number of hydrogen-bond acceptors (Lipinski definition) is 3. The maximum Gasteiger partial charge on any atom is 0.162 e. The molecule has 0 amide bonds. The van der Waals surface area contributed by atoms with Gasteiger partial charge in [-0.05, 0) is 13.0 Å². The number of aromatic nitrogens is 2. The Labute approximate surface area is 64.7 Å². The van der Waals surface area contributed by atoms with Crippen molar-refractivity contribution in [2.75, 3.05) is 6.61 Å². The highest BCUT2D eigenvalue weighted by Gasteiger charge is 2.03. The number of aliphatic hydroxyl groups excluding tert-OH is 1. The molecule has 4 nitrogen and oxygen atoms in total. The van der Waals surface area contributed by atoms with Crippen LogP contribution in [-0.2, 0) is 0 Å². The van der Waals surface area contributed by atoms with E-state index in [0.29, 0.717) is 5.69 Å². The Balaban J connectivity index is 2.82. The molecule has 0 aliphatic heterocycles. The molecule has 0 spiro atoms. The Hall–Kier alpha value is -1.34. The van der Waals surface area contributed by atoms with Crippen LogP contribution in [0.25, 0.3) is 0 Å². The van der Waals surface area contributed by atoms with Gasteiger partial charge in [0.2, 0.25) is 0 Å². The van der Waals surface area contributed by atoms with Crippen molar-refractivity contribution in [2.24, 2.45) is 0 Å². The van der Waals surface area contributed by atoms with Crippen LogP contribution in [0, 0.1) is 11.3 Å². The maximum atomic E-state index is 8.73. The minimum atomic E-state index is -0.0582. The van der Waals surface area contributed by atoms with Crippen LogP contribution in [0.5, 0.6) is 0 Å². The van der Waals surface area contributed by atoms with Gasteiger partial charge in [0.15, 0.2) is 5.69 Å². The zero-order valence-electron chi connectivity index (χ0n) is 6.23. The second-order valence-corrected chi connectivity index (χ2v) is 2.32. The first kappa shape index (κ1) is 7.76. The van der Waals surface area contributed by atoms with Crippen molar-refractivity contribution in [3.05, 3.63) is 18.0 Å². The summed E-state index contributed by atoms with van der Waals surface area (Å²) in [5, 5.41) is 21.0. The van der Waals surface area contributed by atoms with E-state index in [-0.39, 0.29) is 12.6 Å². The monoisotopic (exact) mass is 151 g/mol. The minimum absolute atomic E-state index is 0.0343. The van der Waals surface area contributed by atoms with Crippen LogP contribution in [0.15, 0.2) is 12.3 Å². The van der Waals surface area contributed by atoms with Crippen LogP contribution in [0.3, 0.4) is 0 Å². The fourth-order valence-electron chi connectivity index (χ4n) is 0.727. The lowest BCUT2D eigenvalue weighted by molar-refractivity contribution is 0.229. The molecule has 0 aliphatic rings. The molecule has 4 heteroatoms. The quantitative estimate of drug-likeness (QED) is 0.661. The molecule has 0 saturated carbocycles. The third-order valence-electron chi connectivity index (χ3n) is 1.44. The summed E-state index contributed by atoms with van der Waals surface area (Å²) in [5.41, 5.74) is 0.380. The van der Waals surface area contributed by atoms with Crippen molar-refractivity contribution < 1.29 is 5.11 Å². The fourth-order valence-corrected chi connectivity index (χ4v) is 0.727. The lowest BCUT2D eigenvalue weighted by Crippen LogP contribution is -2.09. The van der Waals surface area contributed by atoms with Gasteiger partial charge in [-0.1, -0.05) is 0 Å². The van der Waals surface area contributed by atoms with Gasteiger partial charge in [0.1, 0.15) is 6.07 Å². The van der Waals surface area contributed by atoms with Gasteiger partial charge >= 0.3 is 0 Å². The summed E-state index contributed by atoms with van der Waals surface area (Å²) in [6.45, 7) is 1.86. The summed E-state index contributed by atoms with van der Waals surface area (Å²) in [7, 11) is 0. The van der Waals surface area contributed by atoms with Crippen LogP contribution < -0.4 is 0 Å². The maximum absolute atomic E-state index is 8.73. The topological polar surface area (TPSA) is 61.8 Å². The van der Waals surface area contributed by atoms with Crippen LogP contribution in [0.4, 0.5) is 0 Å². The van der Waals surface area contributed by atoms with Crippen LogP contribution in [0.2, 0.25) is 0 Å². The van der Waals surface area contributed by atoms with Gasteiger partial charge in [-0.25, -0.2) is 0 Å². The highest BCUT2D eigenvalue weighted by molar-refractivity contribution is 5.16. The van der Waals surface area contributed by atoms with Gasteiger partial charge in [-0.3, -0.25) is 4.68 Å². The van der Waals surface area contributed by atoms with E-state index in [1.807, 2.05) is 13.0 Å². The molecule has 0 aromatic carbocycles. The molecule has 11 heavy (non-hydrogen) atoms. The molecular weight excluding hydrogens is 142 g/mol. The summed E-state index contributed by atoms with van der Waals surface area (Å²) in [4.78, 5) is 0. The van der Waals surface area contributed by atoms with Crippen LogP contribution in [0.1, 0.15) is 18.7 Å². The molecule has 1 aromatic heterocycles. The first-order chi connectivity index (χ1) is 5.27. The predicted octanol–water partition coefficient (Wildman–Crippen LogP) is 0.308. The Bertz CT molecular complexity index is 273. The van der Waals surface area contributed by atoms with Gasteiger partial charge in [0.25, 0.3) is 0 Å². The number of hydrogen-bond donors (Lipinski definition) is 1. The highest BCUT2D eigenvalue weighted by Crippen LogP contribution is 2.02. The van der Waals surface area contributed by atoms with E-state index in [0.717, 1.165) is 0 Å². The van der Waals surface area contributed by atoms with E-state index < -0.39 is 0 Å². The minimum Gasteiger partial charge on any atom is -0.394 e. The smallest absolute Gasteiger partial charge is 0.162 e. The van der Waals surface area contributed by atoms with Crippen molar-refractivity contribution in [1.82, 2.24) is 9.78 Å². The van der Waals surface area contributed by atoms with Gasteiger partial charge < -0.3 is 5.11 Å². The molecular formula is C7H9N3O. The van der Waals surface area contributed by atoms with Crippen LogP contribution in [-0.4, -0.2) is 21.5 Å². The molecule has 0 saturated heterocycles. The first-order valence-electron chi connectivity index (χ1n) is 3.34. The molecule has 1 heterocycles. The molecule has 0 bridgehead atoms. The summed E-state index contributed by atoms with van der Waals surface area (Å²) in [5.74, 6) is 0. The SMILES string of the molecule is CC(CO)n1ccc(C#N)n1. The van der Waals surface area contributed by atoms with Crippen molar-refractivity contribution in [2.45, 2.75) is 13.0 Å². The average molecular weight is 151 g/mol. The number of nitriles is 1. The number of rotatable bonds is 2. The van der Waals surface area contributed by atoms with Crippen LogP contribution >= 0.6 is 0 Å². The number of aliphatic hydroxyl groups is 1. The molecule has 1 rings (SSSR count). The molecule has 1 atom stereocenters. The molecule has 0 radical (unpaired) electrons. The first-order valence-corrected chi connectivity index (χ1v) is 3.34. The zero-order valence-corrected chi connectivity index (χ0v) is 6.23. The Morgan fingerprint density at radius 1 is 1.91 bits per heavy atom. The third-order valence-corrected chi connectivity index (χ3v) is 1.44. The van der Waals surface area contributed by atoms with Gasteiger partial charge in [-0.2, -0.15) is 10.4 Å². The predicted molar refractivity (Wildman–Crippen MR) is 38.7 cm³/mol. The standard InChI is InChI=1S/C7H9N3O/c1-6(5-11)10-3-2-7(4-8)9-10/h2-3,6,11H,5H2,1H3.